The molecule has 0 aliphatic carbocycles. The van der Waals surface area contributed by atoms with E-state index in [9.17, 15) is 14.0 Å². The second-order valence-corrected chi connectivity index (χ2v) is 5.39. The molecule has 2 amide bonds. The summed E-state index contributed by atoms with van der Waals surface area (Å²) < 4.78 is 18.2. The van der Waals surface area contributed by atoms with Crippen LogP contribution in [-0.4, -0.2) is 60.5 Å². The minimum atomic E-state index is -0.521. The van der Waals surface area contributed by atoms with E-state index in [1.54, 1.807) is 22.8 Å². The Morgan fingerprint density at radius 3 is 2.35 bits per heavy atom. The number of piperazine rings is 1. The molecule has 1 fully saturated rings. The first kappa shape index (κ1) is 17.1. The van der Waals surface area contributed by atoms with Gasteiger partial charge in [0.15, 0.2) is 0 Å². The van der Waals surface area contributed by atoms with Crippen molar-refractivity contribution in [2.75, 3.05) is 32.8 Å². The predicted molar refractivity (Wildman–Crippen MR) is 84.5 cm³/mol. The standard InChI is InChI=1S/C17H21FN2O3/c1-3-12-23-13(2)16(21)19-8-10-20(11-9-19)17(22)14-4-6-15(18)7-5-14/h3-7,13H,1,8-12H2,2H3/t13-/m0/s1. The van der Waals surface area contributed by atoms with Crippen molar-refractivity contribution in [3.05, 3.63) is 48.3 Å². The summed E-state index contributed by atoms with van der Waals surface area (Å²) in [6.45, 7) is 7.43. The van der Waals surface area contributed by atoms with Gasteiger partial charge in [-0.15, -0.1) is 6.58 Å². The first-order valence-electron chi connectivity index (χ1n) is 7.59. The molecular formula is C17H21FN2O3. The van der Waals surface area contributed by atoms with Crippen molar-refractivity contribution in [1.29, 1.82) is 0 Å². The monoisotopic (exact) mass is 320 g/mol. The highest BCUT2D eigenvalue weighted by Gasteiger charge is 2.27. The minimum absolute atomic E-state index is 0.0827. The molecule has 1 atom stereocenters. The highest BCUT2D eigenvalue weighted by molar-refractivity contribution is 5.94. The van der Waals surface area contributed by atoms with E-state index < -0.39 is 6.10 Å². The van der Waals surface area contributed by atoms with Crippen molar-refractivity contribution in [2.45, 2.75) is 13.0 Å². The summed E-state index contributed by atoms with van der Waals surface area (Å²) in [5.74, 6) is -0.598. The van der Waals surface area contributed by atoms with Gasteiger partial charge < -0.3 is 14.5 Å². The van der Waals surface area contributed by atoms with Crippen molar-refractivity contribution in [3.8, 4) is 0 Å². The minimum Gasteiger partial charge on any atom is -0.365 e. The molecule has 1 heterocycles. The van der Waals surface area contributed by atoms with Crippen LogP contribution in [0.4, 0.5) is 4.39 Å². The van der Waals surface area contributed by atoms with Crippen LogP contribution in [0.15, 0.2) is 36.9 Å². The van der Waals surface area contributed by atoms with E-state index in [1.807, 2.05) is 0 Å². The van der Waals surface area contributed by atoms with E-state index >= 15 is 0 Å². The highest BCUT2D eigenvalue weighted by Crippen LogP contribution is 2.11. The largest absolute Gasteiger partial charge is 0.365 e. The van der Waals surface area contributed by atoms with Gasteiger partial charge in [-0.05, 0) is 31.2 Å². The third kappa shape index (κ3) is 4.39. The molecule has 124 valence electrons. The van der Waals surface area contributed by atoms with E-state index in [0.717, 1.165) is 0 Å². The maximum Gasteiger partial charge on any atom is 0.253 e. The van der Waals surface area contributed by atoms with Crippen LogP contribution >= 0.6 is 0 Å². The summed E-state index contributed by atoms with van der Waals surface area (Å²) in [6, 6.07) is 5.48. The molecule has 0 unspecified atom stereocenters. The van der Waals surface area contributed by atoms with E-state index in [2.05, 4.69) is 6.58 Å². The number of carbonyl (C=O) groups excluding carboxylic acids is 2. The first-order chi connectivity index (χ1) is 11.0. The molecule has 2 rings (SSSR count). The third-order valence-corrected chi connectivity index (χ3v) is 3.78. The topological polar surface area (TPSA) is 49.9 Å². The number of halogens is 1. The Balaban J connectivity index is 1.88. The van der Waals surface area contributed by atoms with E-state index in [1.165, 1.54) is 24.3 Å². The van der Waals surface area contributed by atoms with E-state index in [0.29, 0.717) is 38.3 Å². The summed E-state index contributed by atoms with van der Waals surface area (Å²) in [6.07, 6.45) is 1.08. The van der Waals surface area contributed by atoms with Gasteiger partial charge >= 0.3 is 0 Å². The zero-order valence-electron chi connectivity index (χ0n) is 13.2. The number of ether oxygens (including phenoxy) is 1. The molecule has 1 aromatic carbocycles. The molecule has 0 aromatic heterocycles. The fourth-order valence-electron chi connectivity index (χ4n) is 2.45. The van der Waals surface area contributed by atoms with Gasteiger partial charge in [-0.25, -0.2) is 4.39 Å². The molecule has 23 heavy (non-hydrogen) atoms. The maximum absolute atomic E-state index is 12.9. The number of hydrogen-bond acceptors (Lipinski definition) is 3. The summed E-state index contributed by atoms with van der Waals surface area (Å²) >= 11 is 0. The van der Waals surface area contributed by atoms with Gasteiger partial charge in [0.2, 0.25) is 0 Å². The van der Waals surface area contributed by atoms with E-state index in [-0.39, 0.29) is 17.6 Å². The zero-order valence-corrected chi connectivity index (χ0v) is 13.2. The SMILES string of the molecule is C=CCO[C@@H](C)C(=O)N1CCN(C(=O)c2ccc(F)cc2)CC1. The summed E-state index contributed by atoms with van der Waals surface area (Å²) in [5, 5.41) is 0. The average Bonchev–Trinajstić information content (AvgIpc) is 2.59. The predicted octanol–water partition coefficient (Wildman–Crippen LogP) is 1.70. The first-order valence-corrected chi connectivity index (χ1v) is 7.59. The molecule has 0 saturated carbocycles. The highest BCUT2D eigenvalue weighted by atomic mass is 19.1. The Bertz CT molecular complexity index is 566. The van der Waals surface area contributed by atoms with Gasteiger partial charge in [-0.1, -0.05) is 6.08 Å². The van der Waals surface area contributed by atoms with Gasteiger partial charge in [0, 0.05) is 31.7 Å². The van der Waals surface area contributed by atoms with E-state index in [4.69, 9.17) is 4.74 Å². The van der Waals surface area contributed by atoms with Crippen LogP contribution in [0, 0.1) is 5.82 Å². The molecule has 6 heteroatoms. The number of benzene rings is 1. The number of rotatable bonds is 5. The molecule has 1 aliphatic heterocycles. The summed E-state index contributed by atoms with van der Waals surface area (Å²) in [5.41, 5.74) is 0.453. The third-order valence-electron chi connectivity index (χ3n) is 3.78. The maximum atomic E-state index is 12.9. The van der Waals surface area contributed by atoms with Crippen LogP contribution in [0.1, 0.15) is 17.3 Å². The summed E-state index contributed by atoms with van der Waals surface area (Å²) in [4.78, 5) is 27.9. The van der Waals surface area contributed by atoms with Crippen LogP contribution < -0.4 is 0 Å². The Kier molecular flexibility index (Phi) is 5.87. The second kappa shape index (κ2) is 7.87. The molecule has 0 N–H and O–H groups in total. The lowest BCUT2D eigenvalue weighted by molar-refractivity contribution is -0.143. The summed E-state index contributed by atoms with van der Waals surface area (Å²) in [7, 11) is 0. The zero-order chi connectivity index (χ0) is 16.8. The molecule has 1 aromatic rings. The van der Waals surface area contributed by atoms with Crippen LogP contribution in [0.3, 0.4) is 0 Å². The average molecular weight is 320 g/mol. The fourth-order valence-corrected chi connectivity index (χ4v) is 2.45. The molecule has 1 aliphatic rings. The number of hydrogen-bond donors (Lipinski definition) is 0. The molecular weight excluding hydrogens is 299 g/mol. The molecule has 1 saturated heterocycles. The lowest BCUT2D eigenvalue weighted by Gasteiger charge is -2.35. The van der Waals surface area contributed by atoms with Crippen molar-refractivity contribution in [2.24, 2.45) is 0 Å². The van der Waals surface area contributed by atoms with Gasteiger partial charge in [0.05, 0.1) is 6.61 Å². The Morgan fingerprint density at radius 2 is 1.78 bits per heavy atom. The van der Waals surface area contributed by atoms with Crippen LogP contribution in [0.2, 0.25) is 0 Å². The van der Waals surface area contributed by atoms with Gasteiger partial charge in [0.1, 0.15) is 11.9 Å². The number of amides is 2. The second-order valence-electron chi connectivity index (χ2n) is 5.39. The van der Waals surface area contributed by atoms with Gasteiger partial charge in [0.25, 0.3) is 11.8 Å². The van der Waals surface area contributed by atoms with Crippen LogP contribution in [-0.2, 0) is 9.53 Å². The van der Waals surface area contributed by atoms with Crippen LogP contribution in [0.25, 0.3) is 0 Å². The molecule has 0 radical (unpaired) electrons. The Labute approximate surface area is 135 Å². The van der Waals surface area contributed by atoms with Crippen LogP contribution in [0.5, 0.6) is 0 Å². The number of nitrogens with zero attached hydrogens (tertiary/aromatic N) is 2. The Morgan fingerprint density at radius 1 is 1.22 bits per heavy atom. The van der Waals surface area contributed by atoms with Gasteiger partial charge in [-0.2, -0.15) is 0 Å². The lowest BCUT2D eigenvalue weighted by atomic mass is 10.1. The molecule has 5 nitrogen and oxygen atoms in total. The lowest BCUT2D eigenvalue weighted by Crippen LogP contribution is -2.52. The smallest absolute Gasteiger partial charge is 0.253 e. The number of carbonyl (C=O) groups is 2. The van der Waals surface area contributed by atoms with Crippen molar-refractivity contribution >= 4 is 11.8 Å². The quantitative estimate of drug-likeness (QED) is 0.776. The molecule has 0 bridgehead atoms. The van der Waals surface area contributed by atoms with Crippen molar-refractivity contribution in [1.82, 2.24) is 9.80 Å². The molecule has 0 spiro atoms. The van der Waals surface area contributed by atoms with Gasteiger partial charge in [-0.3, -0.25) is 9.59 Å². The Hall–Kier alpha value is -2.21. The fraction of sp³-hybridized carbons (Fsp3) is 0.412. The van der Waals surface area contributed by atoms with Crippen molar-refractivity contribution < 1.29 is 18.7 Å². The van der Waals surface area contributed by atoms with Crippen molar-refractivity contribution in [3.63, 3.8) is 0 Å². The normalized spacial score (nSPS) is 16.1.